The van der Waals surface area contributed by atoms with E-state index in [1.54, 1.807) is 18.4 Å². The second kappa shape index (κ2) is 6.72. The van der Waals surface area contributed by atoms with Crippen molar-refractivity contribution in [3.63, 3.8) is 0 Å². The van der Waals surface area contributed by atoms with Crippen LogP contribution in [0.5, 0.6) is 0 Å². The highest BCUT2D eigenvalue weighted by atomic mass is 35.5. The van der Waals surface area contributed by atoms with E-state index in [0.717, 1.165) is 12.8 Å². The summed E-state index contributed by atoms with van der Waals surface area (Å²) in [4.78, 5) is 36.8. The van der Waals surface area contributed by atoms with Crippen LogP contribution in [0.3, 0.4) is 0 Å². The maximum atomic E-state index is 14.8. The number of esters is 1. The molecule has 0 aliphatic heterocycles. The van der Waals surface area contributed by atoms with Gasteiger partial charge in [0.1, 0.15) is 5.56 Å². The van der Waals surface area contributed by atoms with Crippen LogP contribution in [-0.2, 0) is 9.53 Å². The zero-order valence-electron chi connectivity index (χ0n) is 14.6. The van der Waals surface area contributed by atoms with Gasteiger partial charge in [0.15, 0.2) is 5.82 Å². The largest absolute Gasteiger partial charge is 0.462 e. The van der Waals surface area contributed by atoms with Gasteiger partial charge in [0.2, 0.25) is 11.3 Å². The van der Waals surface area contributed by atoms with Gasteiger partial charge in [-0.05, 0) is 32.3 Å². The standard InChI is InChI=1S/C18H18ClFN2O4/c1-4-26-18(25)11-7-22(10-5-6-10)16-8(2)13(19)14(20)15(21-9(3)23)12(16)17(11)24/h7,10H,4-6H2,1-3H3,(H,21,23). The van der Waals surface area contributed by atoms with Crippen molar-refractivity contribution in [3.05, 3.63) is 38.4 Å². The third-order valence-electron chi connectivity index (χ3n) is 4.32. The Kier molecular flexibility index (Phi) is 4.75. The second-order valence-electron chi connectivity index (χ2n) is 6.26. The minimum Gasteiger partial charge on any atom is -0.462 e. The summed E-state index contributed by atoms with van der Waals surface area (Å²) in [6, 6.07) is 0.0803. The lowest BCUT2D eigenvalue weighted by Gasteiger charge is -2.19. The molecule has 1 saturated carbocycles. The van der Waals surface area contributed by atoms with E-state index in [9.17, 15) is 18.8 Å². The fourth-order valence-electron chi connectivity index (χ4n) is 3.02. The molecular formula is C18H18ClFN2O4. The van der Waals surface area contributed by atoms with Crippen LogP contribution in [0.4, 0.5) is 10.1 Å². The quantitative estimate of drug-likeness (QED) is 0.822. The van der Waals surface area contributed by atoms with Gasteiger partial charge in [-0.1, -0.05) is 11.6 Å². The second-order valence-corrected chi connectivity index (χ2v) is 6.64. The van der Waals surface area contributed by atoms with Crippen molar-refractivity contribution in [2.45, 2.75) is 39.7 Å². The number of aryl methyl sites for hydroxylation is 1. The van der Waals surface area contributed by atoms with Crippen molar-refractivity contribution >= 4 is 40.1 Å². The Bertz CT molecular complexity index is 995. The van der Waals surface area contributed by atoms with Gasteiger partial charge in [0.25, 0.3) is 0 Å². The van der Waals surface area contributed by atoms with Crippen molar-refractivity contribution in [2.24, 2.45) is 0 Å². The number of amides is 1. The third kappa shape index (κ3) is 2.96. The molecule has 3 rings (SSSR count). The minimum absolute atomic E-state index is 0.0722. The van der Waals surface area contributed by atoms with Crippen molar-refractivity contribution in [1.82, 2.24) is 4.57 Å². The fraction of sp³-hybridized carbons (Fsp3) is 0.389. The Morgan fingerprint density at radius 3 is 2.62 bits per heavy atom. The van der Waals surface area contributed by atoms with Crippen LogP contribution in [-0.4, -0.2) is 23.1 Å². The SMILES string of the molecule is CCOC(=O)c1cn(C2CC2)c2c(C)c(Cl)c(F)c(NC(C)=O)c2c1=O. The lowest BCUT2D eigenvalue weighted by Crippen LogP contribution is -2.23. The number of pyridine rings is 1. The Balaban J connectivity index is 2.48. The number of nitrogens with zero attached hydrogens (tertiary/aromatic N) is 1. The molecular weight excluding hydrogens is 363 g/mol. The molecule has 1 fully saturated rings. The molecule has 1 aromatic heterocycles. The minimum atomic E-state index is -0.896. The molecule has 0 unspecified atom stereocenters. The molecule has 0 radical (unpaired) electrons. The van der Waals surface area contributed by atoms with Crippen LogP contribution < -0.4 is 10.7 Å². The number of hydrogen-bond donors (Lipinski definition) is 1. The van der Waals surface area contributed by atoms with E-state index in [4.69, 9.17) is 16.3 Å². The maximum absolute atomic E-state index is 14.8. The number of anilines is 1. The normalized spacial score (nSPS) is 13.7. The van der Waals surface area contributed by atoms with Crippen LogP contribution in [0.25, 0.3) is 10.9 Å². The van der Waals surface area contributed by atoms with Gasteiger partial charge >= 0.3 is 5.97 Å². The lowest BCUT2D eigenvalue weighted by molar-refractivity contribution is -0.114. The predicted octanol–water partition coefficient (Wildman–Crippen LogP) is 3.57. The van der Waals surface area contributed by atoms with E-state index >= 15 is 0 Å². The molecule has 0 spiro atoms. The summed E-state index contributed by atoms with van der Waals surface area (Å²) in [5.74, 6) is -2.23. The van der Waals surface area contributed by atoms with E-state index in [1.807, 2.05) is 0 Å². The van der Waals surface area contributed by atoms with Gasteiger partial charge < -0.3 is 14.6 Å². The topological polar surface area (TPSA) is 77.4 Å². The Morgan fingerprint density at radius 1 is 1.42 bits per heavy atom. The summed E-state index contributed by atoms with van der Waals surface area (Å²) in [6.45, 7) is 4.54. The van der Waals surface area contributed by atoms with Gasteiger partial charge in [-0.3, -0.25) is 9.59 Å². The van der Waals surface area contributed by atoms with Gasteiger partial charge in [0.05, 0.1) is 28.2 Å². The molecule has 1 N–H and O–H groups in total. The molecule has 0 atom stereocenters. The number of fused-ring (bicyclic) bond motifs is 1. The van der Waals surface area contributed by atoms with Crippen LogP contribution >= 0.6 is 11.6 Å². The smallest absolute Gasteiger partial charge is 0.343 e. The average Bonchev–Trinajstić information content (AvgIpc) is 3.41. The lowest BCUT2D eigenvalue weighted by atomic mass is 10.0. The summed E-state index contributed by atoms with van der Waals surface area (Å²) >= 11 is 6.11. The highest BCUT2D eigenvalue weighted by molar-refractivity contribution is 6.33. The molecule has 8 heteroatoms. The number of carbonyl (C=O) groups is 2. The van der Waals surface area contributed by atoms with E-state index in [0.29, 0.717) is 11.1 Å². The summed E-state index contributed by atoms with van der Waals surface area (Å²) < 4.78 is 21.5. The number of ether oxygens (including phenoxy) is 1. The first-order valence-corrected chi connectivity index (χ1v) is 8.66. The van der Waals surface area contributed by atoms with Crippen molar-refractivity contribution in [1.29, 1.82) is 0 Å². The maximum Gasteiger partial charge on any atom is 0.343 e. The van der Waals surface area contributed by atoms with E-state index < -0.39 is 23.1 Å². The number of carbonyl (C=O) groups excluding carboxylic acids is 2. The zero-order chi connectivity index (χ0) is 19.2. The molecule has 2 aromatic rings. The van der Waals surface area contributed by atoms with E-state index in [2.05, 4.69) is 5.32 Å². The summed E-state index contributed by atoms with van der Waals surface area (Å²) in [6.07, 6.45) is 3.17. The molecule has 0 bridgehead atoms. The first-order valence-electron chi connectivity index (χ1n) is 8.29. The van der Waals surface area contributed by atoms with Crippen LogP contribution in [0.1, 0.15) is 48.7 Å². The van der Waals surface area contributed by atoms with Gasteiger partial charge in [-0.15, -0.1) is 0 Å². The van der Waals surface area contributed by atoms with Crippen molar-refractivity contribution in [3.8, 4) is 0 Å². The number of benzene rings is 1. The highest BCUT2D eigenvalue weighted by Gasteiger charge is 2.31. The third-order valence-corrected chi connectivity index (χ3v) is 4.77. The number of hydrogen-bond acceptors (Lipinski definition) is 4. The van der Waals surface area contributed by atoms with Crippen LogP contribution in [0.2, 0.25) is 5.02 Å². The molecule has 0 saturated heterocycles. The molecule has 1 aromatic carbocycles. The van der Waals surface area contributed by atoms with Crippen LogP contribution in [0.15, 0.2) is 11.0 Å². The van der Waals surface area contributed by atoms with E-state index in [-0.39, 0.29) is 34.3 Å². The Labute approximate surface area is 153 Å². The summed E-state index contributed by atoms with van der Waals surface area (Å²) in [7, 11) is 0. The zero-order valence-corrected chi connectivity index (χ0v) is 15.4. The fourth-order valence-corrected chi connectivity index (χ4v) is 3.21. The molecule has 1 heterocycles. The number of aromatic nitrogens is 1. The summed E-state index contributed by atoms with van der Waals surface area (Å²) in [5.41, 5.74) is -0.404. The molecule has 1 amide bonds. The first kappa shape index (κ1) is 18.4. The van der Waals surface area contributed by atoms with Crippen molar-refractivity contribution < 1.29 is 18.7 Å². The molecule has 6 nitrogen and oxygen atoms in total. The molecule has 138 valence electrons. The Morgan fingerprint density at radius 2 is 2.08 bits per heavy atom. The monoisotopic (exact) mass is 380 g/mol. The first-order chi connectivity index (χ1) is 12.3. The molecule has 26 heavy (non-hydrogen) atoms. The number of rotatable bonds is 4. The molecule has 1 aliphatic rings. The molecule has 1 aliphatic carbocycles. The van der Waals surface area contributed by atoms with Crippen molar-refractivity contribution in [2.75, 3.05) is 11.9 Å². The van der Waals surface area contributed by atoms with Gasteiger partial charge in [-0.25, -0.2) is 9.18 Å². The van der Waals surface area contributed by atoms with Gasteiger partial charge in [0, 0.05) is 19.2 Å². The number of nitrogens with one attached hydrogen (secondary N) is 1. The predicted molar refractivity (Wildman–Crippen MR) is 96.4 cm³/mol. The average molecular weight is 381 g/mol. The Hall–Kier alpha value is -2.41. The van der Waals surface area contributed by atoms with Crippen LogP contribution in [0, 0.1) is 12.7 Å². The number of halogens is 2. The highest BCUT2D eigenvalue weighted by Crippen LogP contribution is 2.41. The summed E-state index contributed by atoms with van der Waals surface area (Å²) in [5, 5.41) is 2.11. The van der Waals surface area contributed by atoms with Gasteiger partial charge in [-0.2, -0.15) is 0 Å². The van der Waals surface area contributed by atoms with E-state index in [1.165, 1.54) is 13.1 Å².